The molecular weight excluding hydrogens is 502 g/mol. The Kier molecular flexibility index (Phi) is 5.51. The smallest absolute Gasteiger partial charge is 0.178 e. The zero-order valence-electron chi connectivity index (χ0n) is 20.5. The zero-order chi connectivity index (χ0) is 26.5. The second-order valence-corrected chi connectivity index (χ2v) is 9.67. The molecule has 4 N–H and O–H groups in total. The molecule has 5 aromatic heterocycles. The van der Waals surface area contributed by atoms with Gasteiger partial charge in [0.25, 0.3) is 0 Å². The number of halogens is 2. The second-order valence-electron chi connectivity index (χ2n) is 9.67. The van der Waals surface area contributed by atoms with Crippen molar-refractivity contribution in [2.45, 2.75) is 25.5 Å². The topological polar surface area (TPSA) is 128 Å². The van der Waals surface area contributed by atoms with Crippen LogP contribution in [0.25, 0.3) is 56.0 Å². The quantitative estimate of drug-likeness (QED) is 0.214. The highest BCUT2D eigenvalue weighted by Crippen LogP contribution is 2.35. The summed E-state index contributed by atoms with van der Waals surface area (Å²) in [7, 11) is 0. The van der Waals surface area contributed by atoms with Crippen LogP contribution in [0.3, 0.4) is 0 Å². The van der Waals surface area contributed by atoms with Gasteiger partial charge in [0, 0.05) is 29.4 Å². The molecule has 1 aliphatic carbocycles. The maximum Gasteiger partial charge on any atom is 0.178 e. The number of imidazole rings is 1. The van der Waals surface area contributed by atoms with Gasteiger partial charge in [0.05, 0.1) is 34.5 Å². The Morgan fingerprint density at radius 3 is 2.62 bits per heavy atom. The van der Waals surface area contributed by atoms with Gasteiger partial charge in [-0.3, -0.25) is 15.1 Å². The van der Waals surface area contributed by atoms with Crippen molar-refractivity contribution in [1.29, 1.82) is 0 Å². The van der Waals surface area contributed by atoms with Crippen LogP contribution in [0.4, 0.5) is 14.5 Å². The first-order valence-electron chi connectivity index (χ1n) is 12.6. The van der Waals surface area contributed by atoms with Crippen LogP contribution in [-0.2, 0) is 0 Å². The molecular formula is C28H22F2N8O. The third-order valence-corrected chi connectivity index (χ3v) is 7.24. The van der Waals surface area contributed by atoms with Crippen molar-refractivity contribution in [1.82, 2.24) is 35.1 Å². The highest BCUT2D eigenvalue weighted by molar-refractivity contribution is 5.97. The van der Waals surface area contributed by atoms with Crippen LogP contribution >= 0.6 is 0 Å². The summed E-state index contributed by atoms with van der Waals surface area (Å²) in [6.07, 6.45) is 8.62. The summed E-state index contributed by atoms with van der Waals surface area (Å²) in [5, 5.41) is 20.8. The van der Waals surface area contributed by atoms with Crippen LogP contribution in [-0.4, -0.2) is 46.5 Å². The number of nitrogens with one attached hydrogen (secondary N) is 3. The minimum Gasteiger partial charge on any atom is -0.374 e. The van der Waals surface area contributed by atoms with Crippen LogP contribution in [0.5, 0.6) is 0 Å². The standard InChI is InChI=1S/C28H22F2N8O/c29-17-6-4-14(5-7-17)19-8-9-32-26-24(19)35-27(36-26)25-21-20(37-38-25)13-33-23(22(21)30)16-10-18(12-31-11-16)34-28(39)15-2-1-3-15/h4-13,15,28,34,39H,1-3H2,(H,37,38)(H,32,35,36). The van der Waals surface area contributed by atoms with Crippen molar-refractivity contribution in [3.05, 3.63) is 72.8 Å². The van der Waals surface area contributed by atoms with E-state index in [9.17, 15) is 9.50 Å². The Hall–Kier alpha value is -4.77. The van der Waals surface area contributed by atoms with Gasteiger partial charge in [-0.05, 0) is 42.7 Å². The number of aliphatic hydroxyl groups is 1. The van der Waals surface area contributed by atoms with Gasteiger partial charge in [-0.1, -0.05) is 18.6 Å². The molecule has 1 aliphatic rings. The van der Waals surface area contributed by atoms with E-state index in [1.807, 2.05) is 0 Å². The van der Waals surface area contributed by atoms with Gasteiger partial charge in [-0.25, -0.2) is 18.7 Å². The Morgan fingerprint density at radius 2 is 1.82 bits per heavy atom. The van der Waals surface area contributed by atoms with Crippen molar-refractivity contribution in [3.63, 3.8) is 0 Å². The van der Waals surface area contributed by atoms with E-state index in [0.29, 0.717) is 33.8 Å². The molecule has 1 fully saturated rings. The lowest BCUT2D eigenvalue weighted by Crippen LogP contribution is -2.33. The van der Waals surface area contributed by atoms with Crippen LogP contribution in [0.15, 0.2) is 61.2 Å². The number of nitrogens with zero attached hydrogens (tertiary/aromatic N) is 5. The molecule has 0 bridgehead atoms. The molecule has 0 saturated heterocycles. The molecule has 0 spiro atoms. The first-order chi connectivity index (χ1) is 19.0. The number of aliphatic hydroxyl groups excluding tert-OH is 1. The Labute approximate surface area is 220 Å². The lowest BCUT2D eigenvalue weighted by atomic mass is 9.84. The summed E-state index contributed by atoms with van der Waals surface area (Å²) < 4.78 is 29.5. The van der Waals surface area contributed by atoms with Gasteiger partial charge >= 0.3 is 0 Å². The summed E-state index contributed by atoms with van der Waals surface area (Å²) in [6, 6.07) is 9.64. The number of aromatic nitrogens is 7. The van der Waals surface area contributed by atoms with E-state index in [2.05, 4.69) is 40.4 Å². The molecule has 6 aromatic rings. The van der Waals surface area contributed by atoms with E-state index >= 15 is 4.39 Å². The first-order valence-corrected chi connectivity index (χ1v) is 12.6. The van der Waals surface area contributed by atoms with Gasteiger partial charge in [0.15, 0.2) is 17.3 Å². The van der Waals surface area contributed by atoms with Gasteiger partial charge in [0.2, 0.25) is 0 Å². The van der Waals surface area contributed by atoms with Crippen LogP contribution in [0.2, 0.25) is 0 Å². The van der Waals surface area contributed by atoms with Crippen molar-refractivity contribution >= 4 is 27.8 Å². The average Bonchev–Trinajstić information content (AvgIpc) is 3.53. The Bertz CT molecular complexity index is 1830. The minimum atomic E-state index is -0.682. The summed E-state index contributed by atoms with van der Waals surface area (Å²) in [5.41, 5.74) is 4.42. The maximum atomic E-state index is 16.0. The number of pyridine rings is 3. The largest absolute Gasteiger partial charge is 0.374 e. The molecule has 0 amide bonds. The zero-order valence-corrected chi connectivity index (χ0v) is 20.5. The van der Waals surface area contributed by atoms with E-state index in [-0.39, 0.29) is 28.5 Å². The van der Waals surface area contributed by atoms with Crippen molar-refractivity contribution < 1.29 is 13.9 Å². The number of fused-ring (bicyclic) bond motifs is 2. The molecule has 0 aliphatic heterocycles. The van der Waals surface area contributed by atoms with E-state index in [1.54, 1.807) is 36.7 Å². The molecule has 7 rings (SSSR count). The molecule has 1 atom stereocenters. The lowest BCUT2D eigenvalue weighted by Gasteiger charge is -2.31. The van der Waals surface area contributed by atoms with Gasteiger partial charge < -0.3 is 15.4 Å². The second kappa shape index (κ2) is 9.21. The normalized spacial score (nSPS) is 14.5. The minimum absolute atomic E-state index is 0.0978. The SMILES string of the molecule is OC(Nc1cncc(-c2ncc3[nH]nc(-c4nc5nccc(-c6ccc(F)cc6)c5[nH]4)c3c2F)c1)C1CCC1. The Balaban J connectivity index is 1.29. The monoisotopic (exact) mass is 524 g/mol. The van der Waals surface area contributed by atoms with Crippen LogP contribution in [0, 0.1) is 17.6 Å². The maximum absolute atomic E-state index is 16.0. The average molecular weight is 525 g/mol. The lowest BCUT2D eigenvalue weighted by molar-refractivity contribution is 0.0851. The Morgan fingerprint density at radius 1 is 0.974 bits per heavy atom. The highest BCUT2D eigenvalue weighted by atomic mass is 19.1. The molecule has 1 saturated carbocycles. The van der Waals surface area contributed by atoms with Crippen molar-refractivity contribution in [2.75, 3.05) is 5.32 Å². The van der Waals surface area contributed by atoms with E-state index in [1.165, 1.54) is 24.5 Å². The molecule has 0 radical (unpaired) electrons. The molecule has 1 aromatic carbocycles. The summed E-state index contributed by atoms with van der Waals surface area (Å²) in [4.78, 5) is 20.7. The first kappa shape index (κ1) is 23.4. The predicted octanol–water partition coefficient (Wildman–Crippen LogP) is 5.43. The fraction of sp³-hybridized carbons (Fsp3) is 0.179. The molecule has 5 heterocycles. The summed E-state index contributed by atoms with van der Waals surface area (Å²) in [5.74, 6) is -0.382. The number of aromatic amines is 2. The molecule has 194 valence electrons. The molecule has 11 heteroatoms. The third-order valence-electron chi connectivity index (χ3n) is 7.24. The van der Waals surface area contributed by atoms with E-state index < -0.39 is 12.0 Å². The fourth-order valence-electron chi connectivity index (χ4n) is 4.93. The fourth-order valence-corrected chi connectivity index (χ4v) is 4.93. The number of hydrogen-bond donors (Lipinski definition) is 4. The van der Waals surface area contributed by atoms with Crippen LogP contribution in [0.1, 0.15) is 19.3 Å². The van der Waals surface area contributed by atoms with Crippen molar-refractivity contribution in [3.8, 4) is 33.9 Å². The van der Waals surface area contributed by atoms with Gasteiger partial charge in [-0.2, -0.15) is 5.10 Å². The number of benzene rings is 1. The summed E-state index contributed by atoms with van der Waals surface area (Å²) >= 11 is 0. The predicted molar refractivity (Wildman–Crippen MR) is 142 cm³/mol. The third kappa shape index (κ3) is 4.07. The summed E-state index contributed by atoms with van der Waals surface area (Å²) in [6.45, 7) is 0. The molecule has 9 nitrogen and oxygen atoms in total. The van der Waals surface area contributed by atoms with Crippen LogP contribution < -0.4 is 5.32 Å². The molecule has 1 unspecified atom stereocenters. The van der Waals surface area contributed by atoms with E-state index in [0.717, 1.165) is 30.4 Å². The molecule has 39 heavy (non-hydrogen) atoms. The number of rotatable bonds is 6. The highest BCUT2D eigenvalue weighted by Gasteiger charge is 2.26. The van der Waals surface area contributed by atoms with Crippen molar-refractivity contribution in [2.24, 2.45) is 5.92 Å². The van der Waals surface area contributed by atoms with Gasteiger partial charge in [-0.15, -0.1) is 0 Å². The van der Waals surface area contributed by atoms with Gasteiger partial charge in [0.1, 0.15) is 23.4 Å². The number of hydrogen-bond acceptors (Lipinski definition) is 7. The number of anilines is 1. The van der Waals surface area contributed by atoms with E-state index in [4.69, 9.17) is 0 Å². The number of H-pyrrole nitrogens is 2.